The summed E-state index contributed by atoms with van der Waals surface area (Å²) in [5.74, 6) is -1.51. The Morgan fingerprint density at radius 1 is 0.962 bits per heavy atom. The van der Waals surface area contributed by atoms with Crippen molar-refractivity contribution < 1.29 is 23.3 Å². The molecular weight excluding hydrogens is 356 g/mol. The predicted octanol–water partition coefficient (Wildman–Crippen LogP) is 1.18. The van der Waals surface area contributed by atoms with Gasteiger partial charge in [-0.2, -0.15) is 0 Å². The molecule has 0 aliphatic heterocycles. The molecular formula is C18H18N2O5S. The van der Waals surface area contributed by atoms with Gasteiger partial charge in [0.1, 0.15) is 0 Å². The first kappa shape index (κ1) is 19.3. The molecule has 0 radical (unpaired) electrons. The van der Waals surface area contributed by atoms with Crippen molar-refractivity contribution in [2.75, 3.05) is 12.9 Å². The molecule has 0 bridgehead atoms. The molecule has 2 aromatic rings. The van der Waals surface area contributed by atoms with Gasteiger partial charge < -0.3 is 4.74 Å². The standard InChI is InChI=1S/C18H18N2O5S/c1-26(24)12-13-6-5-9-15(10-13)18(23)25-11-16(21)19-20-17(22)14-7-3-2-4-8-14/h2-10H,11-12H2,1H3,(H,19,21)(H,20,22). The van der Waals surface area contributed by atoms with Crippen LogP contribution < -0.4 is 10.9 Å². The third-order valence-corrected chi connectivity index (χ3v) is 3.96. The van der Waals surface area contributed by atoms with Crippen molar-refractivity contribution in [2.45, 2.75) is 5.75 Å². The molecule has 0 fully saturated rings. The first-order chi connectivity index (χ1) is 12.5. The van der Waals surface area contributed by atoms with Crippen LogP contribution in [0.3, 0.4) is 0 Å². The van der Waals surface area contributed by atoms with E-state index in [0.717, 1.165) is 5.56 Å². The lowest BCUT2D eigenvalue weighted by atomic mass is 10.1. The largest absolute Gasteiger partial charge is 0.452 e. The van der Waals surface area contributed by atoms with Gasteiger partial charge in [0, 0.05) is 28.4 Å². The molecule has 0 aliphatic carbocycles. The van der Waals surface area contributed by atoms with Gasteiger partial charge in [0.25, 0.3) is 11.8 Å². The second kappa shape index (κ2) is 9.47. The van der Waals surface area contributed by atoms with Crippen LogP contribution in [0.1, 0.15) is 26.3 Å². The molecule has 0 saturated carbocycles. The molecule has 1 unspecified atom stereocenters. The van der Waals surface area contributed by atoms with E-state index in [0.29, 0.717) is 11.3 Å². The Morgan fingerprint density at radius 2 is 1.65 bits per heavy atom. The summed E-state index contributed by atoms with van der Waals surface area (Å²) in [7, 11) is -1.03. The van der Waals surface area contributed by atoms with Crippen molar-refractivity contribution in [1.29, 1.82) is 0 Å². The average molecular weight is 374 g/mol. The minimum absolute atomic E-state index is 0.258. The van der Waals surface area contributed by atoms with Crippen molar-refractivity contribution in [3.05, 3.63) is 71.3 Å². The first-order valence-electron chi connectivity index (χ1n) is 7.66. The number of hydrogen-bond donors (Lipinski definition) is 2. The Bertz CT molecular complexity index is 823. The van der Waals surface area contributed by atoms with Crippen LogP contribution in [0.25, 0.3) is 0 Å². The number of benzene rings is 2. The number of amides is 2. The molecule has 0 aliphatic rings. The fraction of sp³-hybridized carbons (Fsp3) is 0.167. The van der Waals surface area contributed by atoms with Gasteiger partial charge in [0.05, 0.1) is 5.56 Å². The summed E-state index contributed by atoms with van der Waals surface area (Å²) in [5, 5.41) is 0. The summed E-state index contributed by atoms with van der Waals surface area (Å²) in [4.78, 5) is 35.4. The van der Waals surface area contributed by atoms with Crippen molar-refractivity contribution >= 4 is 28.6 Å². The monoisotopic (exact) mass is 374 g/mol. The van der Waals surface area contributed by atoms with Gasteiger partial charge in [0.15, 0.2) is 6.61 Å². The normalized spacial score (nSPS) is 11.3. The minimum atomic E-state index is -1.03. The van der Waals surface area contributed by atoms with E-state index in [1.165, 1.54) is 0 Å². The number of rotatable bonds is 6. The van der Waals surface area contributed by atoms with Crippen LogP contribution in [0.2, 0.25) is 0 Å². The Hall–Kier alpha value is -3.00. The van der Waals surface area contributed by atoms with Crippen molar-refractivity contribution in [3.63, 3.8) is 0 Å². The van der Waals surface area contributed by atoms with Crippen LogP contribution in [-0.2, 0) is 26.1 Å². The second-order valence-electron chi connectivity index (χ2n) is 5.36. The van der Waals surface area contributed by atoms with E-state index >= 15 is 0 Å². The highest BCUT2D eigenvalue weighted by molar-refractivity contribution is 7.83. The van der Waals surface area contributed by atoms with Gasteiger partial charge in [-0.15, -0.1) is 0 Å². The predicted molar refractivity (Wildman–Crippen MR) is 96.5 cm³/mol. The molecule has 26 heavy (non-hydrogen) atoms. The number of nitrogens with one attached hydrogen (secondary N) is 2. The van der Waals surface area contributed by atoms with Gasteiger partial charge >= 0.3 is 5.97 Å². The molecule has 8 heteroatoms. The maximum absolute atomic E-state index is 12.0. The average Bonchev–Trinajstić information content (AvgIpc) is 2.64. The molecule has 0 heterocycles. The zero-order chi connectivity index (χ0) is 18.9. The van der Waals surface area contributed by atoms with E-state index in [-0.39, 0.29) is 5.56 Å². The van der Waals surface area contributed by atoms with Crippen molar-refractivity contribution in [2.24, 2.45) is 0 Å². The molecule has 2 N–H and O–H groups in total. The lowest BCUT2D eigenvalue weighted by Crippen LogP contribution is -2.43. The van der Waals surface area contributed by atoms with Crippen LogP contribution in [-0.4, -0.2) is 34.9 Å². The van der Waals surface area contributed by atoms with Gasteiger partial charge in [-0.25, -0.2) is 4.79 Å². The van der Waals surface area contributed by atoms with Crippen LogP contribution >= 0.6 is 0 Å². The quantitative estimate of drug-likeness (QED) is 0.584. The van der Waals surface area contributed by atoms with Gasteiger partial charge in [0.2, 0.25) is 0 Å². The van der Waals surface area contributed by atoms with Crippen LogP contribution in [0.4, 0.5) is 0 Å². The Kier molecular flexibility index (Phi) is 7.04. The zero-order valence-corrected chi connectivity index (χ0v) is 14.9. The number of carbonyl (C=O) groups excluding carboxylic acids is 3. The summed E-state index contributed by atoms with van der Waals surface area (Å²) in [6.45, 7) is -0.544. The molecule has 7 nitrogen and oxygen atoms in total. The van der Waals surface area contributed by atoms with Crippen molar-refractivity contribution in [3.8, 4) is 0 Å². The molecule has 136 valence electrons. The lowest BCUT2D eigenvalue weighted by molar-refractivity contribution is -0.125. The fourth-order valence-corrected chi connectivity index (χ4v) is 2.71. The van der Waals surface area contributed by atoms with E-state index < -0.39 is 35.2 Å². The Morgan fingerprint density at radius 3 is 2.35 bits per heavy atom. The highest BCUT2D eigenvalue weighted by Gasteiger charge is 2.12. The molecule has 0 saturated heterocycles. The van der Waals surface area contributed by atoms with Crippen LogP contribution in [0.15, 0.2) is 54.6 Å². The maximum Gasteiger partial charge on any atom is 0.338 e. The Labute approximate surface area is 153 Å². The number of esters is 1. The summed E-state index contributed by atoms with van der Waals surface area (Å²) < 4.78 is 16.2. The van der Waals surface area contributed by atoms with Gasteiger partial charge in [-0.1, -0.05) is 30.3 Å². The molecule has 0 spiro atoms. The van der Waals surface area contributed by atoms with E-state index in [4.69, 9.17) is 4.74 Å². The minimum Gasteiger partial charge on any atom is -0.452 e. The smallest absolute Gasteiger partial charge is 0.338 e. The second-order valence-corrected chi connectivity index (χ2v) is 6.80. The molecule has 2 amide bonds. The lowest BCUT2D eigenvalue weighted by Gasteiger charge is -2.08. The number of hydrazine groups is 1. The third-order valence-electron chi connectivity index (χ3n) is 3.22. The zero-order valence-electron chi connectivity index (χ0n) is 14.1. The highest BCUT2D eigenvalue weighted by Crippen LogP contribution is 2.08. The summed E-state index contributed by atoms with van der Waals surface area (Å²) >= 11 is 0. The SMILES string of the molecule is CS(=O)Cc1cccc(C(=O)OCC(=O)NNC(=O)c2ccccc2)c1. The highest BCUT2D eigenvalue weighted by atomic mass is 32.2. The maximum atomic E-state index is 12.0. The number of hydrogen-bond acceptors (Lipinski definition) is 5. The van der Waals surface area contributed by atoms with Gasteiger partial charge in [-0.05, 0) is 29.8 Å². The van der Waals surface area contributed by atoms with E-state index in [1.807, 2.05) is 0 Å². The molecule has 2 aromatic carbocycles. The van der Waals surface area contributed by atoms with Crippen LogP contribution in [0, 0.1) is 0 Å². The molecule has 1 atom stereocenters. The molecule has 0 aromatic heterocycles. The van der Waals surface area contributed by atoms with Gasteiger partial charge in [-0.3, -0.25) is 24.6 Å². The summed E-state index contributed by atoms with van der Waals surface area (Å²) in [6, 6.07) is 14.9. The summed E-state index contributed by atoms with van der Waals surface area (Å²) in [6.07, 6.45) is 1.57. The topological polar surface area (TPSA) is 102 Å². The molecule has 2 rings (SSSR count). The number of carbonyl (C=O) groups is 3. The van der Waals surface area contributed by atoms with E-state index in [2.05, 4.69) is 10.9 Å². The number of ether oxygens (including phenoxy) is 1. The fourth-order valence-electron chi connectivity index (χ4n) is 2.06. The third kappa shape index (κ3) is 6.14. The first-order valence-corrected chi connectivity index (χ1v) is 9.39. The van der Waals surface area contributed by atoms with E-state index in [9.17, 15) is 18.6 Å². The summed E-state index contributed by atoms with van der Waals surface area (Å²) in [5.41, 5.74) is 5.78. The van der Waals surface area contributed by atoms with Crippen LogP contribution in [0.5, 0.6) is 0 Å². The Balaban J connectivity index is 1.80. The van der Waals surface area contributed by atoms with E-state index in [1.54, 1.807) is 60.9 Å². The van der Waals surface area contributed by atoms with Crippen molar-refractivity contribution in [1.82, 2.24) is 10.9 Å².